The second-order valence-corrected chi connectivity index (χ2v) is 6.58. The summed E-state index contributed by atoms with van der Waals surface area (Å²) in [5.74, 6) is 0. The van der Waals surface area contributed by atoms with Crippen molar-refractivity contribution in [1.29, 1.82) is 0 Å². The third-order valence-electron chi connectivity index (χ3n) is 3.43. The molecule has 0 aliphatic heterocycles. The fraction of sp³-hybridized carbons (Fsp3) is 0.250. The minimum Gasteiger partial charge on any atom is -0.166 e. The molecule has 2 aromatic carbocycles. The van der Waals surface area contributed by atoms with Crippen LogP contribution in [0.4, 0.5) is 26.3 Å². The monoisotopic (exact) mass is 350 g/mol. The summed E-state index contributed by atoms with van der Waals surface area (Å²) in [6.45, 7) is 3.78. The van der Waals surface area contributed by atoms with Gasteiger partial charge in [-0.05, 0) is 47.7 Å². The van der Waals surface area contributed by atoms with Crippen molar-refractivity contribution in [2.75, 3.05) is 0 Å². The molecule has 1 atom stereocenters. The van der Waals surface area contributed by atoms with E-state index in [4.69, 9.17) is 0 Å². The Bertz CT molecular complexity index is 715. The van der Waals surface area contributed by atoms with Gasteiger partial charge in [0, 0.05) is 0 Å². The number of hydrogen-bond acceptors (Lipinski definition) is 0. The van der Waals surface area contributed by atoms with E-state index in [9.17, 15) is 26.3 Å². The molecule has 0 saturated carbocycles. The molecule has 0 fully saturated rings. The number of rotatable bonds is 2. The Morgan fingerprint density at radius 3 is 1.70 bits per heavy atom. The Kier molecular flexibility index (Phi) is 4.76. The van der Waals surface area contributed by atoms with E-state index in [2.05, 4.69) is 0 Å². The van der Waals surface area contributed by atoms with Crippen molar-refractivity contribution in [2.24, 2.45) is 0 Å². The topological polar surface area (TPSA) is 0 Å². The number of benzene rings is 2. The van der Waals surface area contributed by atoms with E-state index in [0.29, 0.717) is 12.1 Å². The average Bonchev–Trinajstić information content (AvgIpc) is 2.41. The molecule has 124 valence electrons. The maximum atomic E-state index is 12.9. The zero-order valence-corrected chi connectivity index (χ0v) is 13.2. The number of alkyl halides is 6. The van der Waals surface area contributed by atoms with Crippen LogP contribution < -0.4 is 10.6 Å². The molecule has 0 heterocycles. The summed E-state index contributed by atoms with van der Waals surface area (Å²) in [7, 11) is -0.143. The van der Waals surface area contributed by atoms with Gasteiger partial charge in [0.25, 0.3) is 0 Å². The third kappa shape index (κ3) is 4.25. The lowest BCUT2D eigenvalue weighted by Gasteiger charge is -2.16. The third-order valence-corrected chi connectivity index (χ3v) is 4.63. The minimum absolute atomic E-state index is 0.143. The van der Waals surface area contributed by atoms with Gasteiger partial charge in [0.15, 0.2) is 0 Å². The molecule has 0 radical (unpaired) electrons. The number of aryl methyl sites for hydroxylation is 2. The van der Waals surface area contributed by atoms with Gasteiger partial charge >= 0.3 is 12.4 Å². The summed E-state index contributed by atoms with van der Waals surface area (Å²) < 4.78 is 77.0. The SMILES string of the molecule is Cc1ccc(Pc2ccc(C(F)(F)F)c(C(F)(F)F)c2)cc1C. The summed E-state index contributed by atoms with van der Waals surface area (Å²) in [6.07, 6.45) is -10.1. The summed E-state index contributed by atoms with van der Waals surface area (Å²) in [5.41, 5.74) is -1.27. The van der Waals surface area contributed by atoms with Crippen LogP contribution >= 0.6 is 8.58 Å². The highest BCUT2D eigenvalue weighted by Gasteiger charge is 2.43. The standard InChI is InChI=1S/C16H13F6P/c1-9-3-4-11(7-10(9)2)23-12-5-6-13(15(17,18)19)14(8-12)16(20,21)22/h3-8,23H,1-2H3. The lowest BCUT2D eigenvalue weighted by molar-refractivity contribution is -0.162. The predicted molar refractivity (Wildman–Crippen MR) is 79.9 cm³/mol. The predicted octanol–water partition coefficient (Wildman–Crippen LogP) is 4.97. The summed E-state index contributed by atoms with van der Waals surface area (Å²) >= 11 is 0. The van der Waals surface area contributed by atoms with E-state index < -0.39 is 23.5 Å². The van der Waals surface area contributed by atoms with E-state index in [-0.39, 0.29) is 13.9 Å². The molecule has 0 amide bonds. The summed E-state index contributed by atoms with van der Waals surface area (Å²) in [5, 5.41) is 0.995. The zero-order valence-electron chi connectivity index (χ0n) is 12.2. The molecule has 0 saturated heterocycles. The second-order valence-electron chi connectivity index (χ2n) is 5.18. The maximum absolute atomic E-state index is 12.9. The van der Waals surface area contributed by atoms with Gasteiger partial charge in [-0.2, -0.15) is 26.3 Å². The molecule has 0 spiro atoms. The van der Waals surface area contributed by atoms with Crippen molar-refractivity contribution in [2.45, 2.75) is 26.2 Å². The van der Waals surface area contributed by atoms with Crippen LogP contribution in [-0.4, -0.2) is 0 Å². The van der Waals surface area contributed by atoms with Crippen LogP contribution in [0.15, 0.2) is 36.4 Å². The lowest BCUT2D eigenvalue weighted by Crippen LogP contribution is -2.19. The molecule has 0 bridgehead atoms. The molecular weight excluding hydrogens is 337 g/mol. The van der Waals surface area contributed by atoms with Gasteiger partial charge in [0.05, 0.1) is 11.1 Å². The quantitative estimate of drug-likeness (QED) is 0.530. The average molecular weight is 350 g/mol. The molecule has 1 unspecified atom stereocenters. The fourth-order valence-corrected chi connectivity index (χ4v) is 3.26. The molecule has 2 rings (SSSR count). The Labute approximate surface area is 131 Å². The Balaban J connectivity index is 2.43. The van der Waals surface area contributed by atoms with E-state index in [0.717, 1.165) is 22.5 Å². The molecular formula is C16H13F6P. The van der Waals surface area contributed by atoms with Gasteiger partial charge in [0.1, 0.15) is 0 Å². The zero-order chi connectivity index (χ0) is 17.4. The first kappa shape index (κ1) is 17.8. The Hall–Kier alpha value is -1.55. The highest BCUT2D eigenvalue weighted by Crippen LogP contribution is 2.40. The first-order valence-electron chi connectivity index (χ1n) is 6.61. The van der Waals surface area contributed by atoms with E-state index in [1.807, 2.05) is 26.0 Å². The largest absolute Gasteiger partial charge is 0.417 e. The van der Waals surface area contributed by atoms with Crippen molar-refractivity contribution < 1.29 is 26.3 Å². The van der Waals surface area contributed by atoms with Crippen molar-refractivity contribution >= 4 is 19.2 Å². The molecule has 0 nitrogen and oxygen atoms in total. The molecule has 2 aromatic rings. The number of halogens is 6. The first-order valence-corrected chi connectivity index (χ1v) is 7.61. The van der Waals surface area contributed by atoms with Crippen molar-refractivity contribution in [3.8, 4) is 0 Å². The molecule has 0 aliphatic carbocycles. The minimum atomic E-state index is -5.05. The second kappa shape index (κ2) is 6.16. The van der Waals surface area contributed by atoms with E-state index in [1.165, 1.54) is 0 Å². The maximum Gasteiger partial charge on any atom is 0.417 e. The van der Waals surface area contributed by atoms with Crippen molar-refractivity contribution in [1.82, 2.24) is 0 Å². The van der Waals surface area contributed by atoms with Crippen LogP contribution in [0.2, 0.25) is 0 Å². The van der Waals surface area contributed by atoms with Crippen LogP contribution in [0, 0.1) is 13.8 Å². The highest BCUT2D eigenvalue weighted by molar-refractivity contribution is 7.55. The smallest absolute Gasteiger partial charge is 0.166 e. The molecule has 0 aliphatic rings. The van der Waals surface area contributed by atoms with Crippen molar-refractivity contribution in [3.63, 3.8) is 0 Å². The fourth-order valence-electron chi connectivity index (χ4n) is 2.09. The first-order chi connectivity index (χ1) is 10.5. The molecule has 7 heteroatoms. The Morgan fingerprint density at radius 1 is 0.652 bits per heavy atom. The van der Waals surface area contributed by atoms with Crippen LogP contribution in [-0.2, 0) is 12.4 Å². The normalized spacial score (nSPS) is 13.0. The summed E-state index contributed by atoms with van der Waals surface area (Å²) in [4.78, 5) is 0. The highest BCUT2D eigenvalue weighted by atomic mass is 31.1. The van der Waals surface area contributed by atoms with Crippen LogP contribution in [0.25, 0.3) is 0 Å². The summed E-state index contributed by atoms with van der Waals surface area (Å²) in [6, 6.07) is 7.64. The lowest BCUT2D eigenvalue weighted by atomic mass is 10.1. The van der Waals surface area contributed by atoms with Gasteiger partial charge in [-0.15, -0.1) is 0 Å². The molecule has 23 heavy (non-hydrogen) atoms. The van der Waals surface area contributed by atoms with Gasteiger partial charge in [0.2, 0.25) is 0 Å². The number of hydrogen-bond donors (Lipinski definition) is 0. The van der Waals surface area contributed by atoms with Gasteiger partial charge in [-0.25, -0.2) is 0 Å². The van der Waals surface area contributed by atoms with Crippen LogP contribution in [0.5, 0.6) is 0 Å². The van der Waals surface area contributed by atoms with Crippen LogP contribution in [0.1, 0.15) is 22.3 Å². The van der Waals surface area contributed by atoms with Gasteiger partial charge < -0.3 is 0 Å². The molecule has 0 N–H and O–H groups in total. The van der Waals surface area contributed by atoms with Crippen molar-refractivity contribution in [3.05, 3.63) is 58.7 Å². The molecule has 0 aromatic heterocycles. The van der Waals surface area contributed by atoms with Gasteiger partial charge in [-0.3, -0.25) is 0 Å². The van der Waals surface area contributed by atoms with E-state index in [1.54, 1.807) is 6.07 Å². The van der Waals surface area contributed by atoms with Crippen LogP contribution in [0.3, 0.4) is 0 Å². The van der Waals surface area contributed by atoms with Gasteiger partial charge in [-0.1, -0.05) is 32.8 Å². The van der Waals surface area contributed by atoms with E-state index >= 15 is 0 Å². The Morgan fingerprint density at radius 2 is 1.17 bits per heavy atom.